The Hall–Kier alpha value is -1.24. The molecule has 4 aliphatic carbocycles. The Morgan fingerprint density at radius 2 is 1.75 bits per heavy atom. The van der Waals surface area contributed by atoms with E-state index in [-0.39, 0.29) is 28.6 Å². The molecule has 0 radical (unpaired) electrons. The Morgan fingerprint density at radius 1 is 1.11 bits per heavy atom. The van der Waals surface area contributed by atoms with Crippen LogP contribution >= 0.6 is 0 Å². The summed E-state index contributed by atoms with van der Waals surface area (Å²) in [5, 5.41) is 33.2. The van der Waals surface area contributed by atoms with Crippen molar-refractivity contribution in [2.75, 3.05) is 0 Å². The van der Waals surface area contributed by atoms with E-state index in [0.717, 1.165) is 0 Å². The van der Waals surface area contributed by atoms with E-state index in [2.05, 4.69) is 13.5 Å². The van der Waals surface area contributed by atoms with Gasteiger partial charge < -0.3 is 20.1 Å². The molecule has 0 saturated heterocycles. The molecule has 4 aliphatic rings. The predicted molar refractivity (Wildman–Crippen MR) is 101 cm³/mol. The smallest absolute Gasteiger partial charge is 0.302 e. The zero-order chi connectivity index (χ0) is 20.8. The summed E-state index contributed by atoms with van der Waals surface area (Å²) in [6.45, 7) is 11.4. The van der Waals surface area contributed by atoms with Gasteiger partial charge in [-0.3, -0.25) is 9.59 Å². The second kappa shape index (κ2) is 5.89. The summed E-state index contributed by atoms with van der Waals surface area (Å²) in [7, 11) is 0. The number of Topliss-reactive ketones (excluding diaryl/α,β-unsaturated/α-hetero) is 1. The first-order valence-electron chi connectivity index (χ1n) is 10.3. The van der Waals surface area contributed by atoms with Crippen molar-refractivity contribution < 1.29 is 29.6 Å². The van der Waals surface area contributed by atoms with Crippen molar-refractivity contribution in [3.05, 3.63) is 12.2 Å². The van der Waals surface area contributed by atoms with Gasteiger partial charge in [-0.15, -0.1) is 0 Å². The lowest BCUT2D eigenvalue weighted by Crippen LogP contribution is -2.69. The lowest BCUT2D eigenvalue weighted by Gasteiger charge is -2.66. The van der Waals surface area contributed by atoms with Crippen molar-refractivity contribution in [3.63, 3.8) is 0 Å². The summed E-state index contributed by atoms with van der Waals surface area (Å²) >= 11 is 0. The molecule has 0 aromatic rings. The van der Waals surface area contributed by atoms with Crippen molar-refractivity contribution in [2.45, 2.75) is 77.8 Å². The molecular weight excluding hydrogens is 360 g/mol. The van der Waals surface area contributed by atoms with E-state index in [1.807, 2.05) is 13.8 Å². The Labute approximate surface area is 166 Å². The highest BCUT2D eigenvalue weighted by atomic mass is 16.5. The van der Waals surface area contributed by atoms with E-state index in [9.17, 15) is 24.9 Å². The SMILES string of the molecule is C=C1C(=O)C23C(O)CC4C(C)(C)C(O)CCC4(C)C2CC(OC(C)=O)C1C3O. The molecule has 0 amide bonds. The molecule has 0 aromatic carbocycles. The lowest BCUT2D eigenvalue weighted by atomic mass is 9.39. The molecular formula is C22H32O6. The molecule has 6 heteroatoms. The third-order valence-corrected chi connectivity index (χ3v) is 9.00. The monoisotopic (exact) mass is 392 g/mol. The van der Waals surface area contributed by atoms with E-state index >= 15 is 0 Å². The van der Waals surface area contributed by atoms with Crippen molar-refractivity contribution in [1.29, 1.82) is 0 Å². The molecule has 9 atom stereocenters. The van der Waals surface area contributed by atoms with Gasteiger partial charge in [0, 0.05) is 6.92 Å². The summed E-state index contributed by atoms with van der Waals surface area (Å²) < 4.78 is 5.55. The van der Waals surface area contributed by atoms with Crippen LogP contribution in [0.4, 0.5) is 0 Å². The van der Waals surface area contributed by atoms with Crippen LogP contribution in [0.3, 0.4) is 0 Å². The molecule has 2 bridgehead atoms. The first-order valence-corrected chi connectivity index (χ1v) is 10.3. The van der Waals surface area contributed by atoms with Gasteiger partial charge in [0.05, 0.1) is 29.6 Å². The number of carbonyl (C=O) groups is 2. The quantitative estimate of drug-likeness (QED) is 0.463. The fourth-order valence-electron chi connectivity index (χ4n) is 7.63. The van der Waals surface area contributed by atoms with Crippen LogP contribution in [0.1, 0.15) is 53.4 Å². The molecule has 4 rings (SSSR count). The van der Waals surface area contributed by atoms with Crippen molar-refractivity contribution >= 4 is 11.8 Å². The summed E-state index contributed by atoms with van der Waals surface area (Å²) in [5.74, 6) is -1.75. The molecule has 0 heterocycles. The average molecular weight is 392 g/mol. The fraction of sp³-hybridized carbons (Fsp3) is 0.818. The zero-order valence-corrected chi connectivity index (χ0v) is 17.1. The van der Waals surface area contributed by atoms with Gasteiger partial charge in [-0.1, -0.05) is 27.4 Å². The molecule has 4 saturated carbocycles. The minimum Gasteiger partial charge on any atom is -0.462 e. The highest BCUT2D eigenvalue weighted by molar-refractivity contribution is 6.04. The third kappa shape index (κ3) is 2.14. The molecule has 6 nitrogen and oxygen atoms in total. The molecule has 4 fully saturated rings. The van der Waals surface area contributed by atoms with E-state index in [1.54, 1.807) is 0 Å². The second-order valence-electron chi connectivity index (χ2n) is 10.4. The number of hydrogen-bond donors (Lipinski definition) is 3. The van der Waals surface area contributed by atoms with E-state index in [4.69, 9.17) is 4.74 Å². The van der Waals surface area contributed by atoms with Crippen LogP contribution in [0.15, 0.2) is 12.2 Å². The molecule has 1 spiro atoms. The van der Waals surface area contributed by atoms with Crippen LogP contribution in [0.2, 0.25) is 0 Å². The van der Waals surface area contributed by atoms with Gasteiger partial charge in [0.25, 0.3) is 0 Å². The standard InChI is InChI=1S/C22H32O6/c1-10-17-12(28-11(2)23)8-14-21(5)7-6-15(24)20(3,4)13(21)9-16(25)22(14,18(10)26)19(17)27/h12-17,19,24-25,27H,1,6-9H2,2-5H3. The summed E-state index contributed by atoms with van der Waals surface area (Å²) in [4.78, 5) is 25.1. The van der Waals surface area contributed by atoms with E-state index in [1.165, 1.54) is 6.92 Å². The number of fused-ring (bicyclic) bond motifs is 3. The Bertz CT molecular complexity index is 743. The third-order valence-electron chi connectivity index (χ3n) is 9.00. The first kappa shape index (κ1) is 20.0. The Kier molecular flexibility index (Phi) is 4.22. The van der Waals surface area contributed by atoms with E-state index < -0.39 is 47.1 Å². The van der Waals surface area contributed by atoms with Crippen molar-refractivity contribution in [3.8, 4) is 0 Å². The molecule has 3 N–H and O–H groups in total. The van der Waals surface area contributed by atoms with Gasteiger partial charge in [0.2, 0.25) is 0 Å². The molecule has 0 aliphatic heterocycles. The van der Waals surface area contributed by atoms with Gasteiger partial charge in [-0.2, -0.15) is 0 Å². The number of aliphatic hydroxyl groups is 3. The number of esters is 1. The largest absolute Gasteiger partial charge is 0.462 e. The predicted octanol–water partition coefficient (Wildman–Crippen LogP) is 1.61. The van der Waals surface area contributed by atoms with Crippen LogP contribution in [-0.4, -0.2) is 51.5 Å². The maximum atomic E-state index is 13.4. The normalized spacial score (nSPS) is 52.0. The molecule has 9 unspecified atom stereocenters. The minimum absolute atomic E-state index is 0.0160. The van der Waals surface area contributed by atoms with Gasteiger partial charge in [-0.25, -0.2) is 0 Å². The zero-order valence-electron chi connectivity index (χ0n) is 17.1. The number of hydrogen-bond acceptors (Lipinski definition) is 6. The average Bonchev–Trinajstić information content (AvgIpc) is 2.72. The van der Waals surface area contributed by atoms with Crippen LogP contribution < -0.4 is 0 Å². The maximum absolute atomic E-state index is 13.4. The first-order chi connectivity index (χ1) is 12.9. The summed E-state index contributed by atoms with van der Waals surface area (Å²) in [6.07, 6.45) is -1.14. The maximum Gasteiger partial charge on any atom is 0.302 e. The van der Waals surface area contributed by atoms with E-state index in [0.29, 0.717) is 25.7 Å². The number of ether oxygens (including phenoxy) is 1. The van der Waals surface area contributed by atoms with Crippen molar-refractivity contribution in [2.24, 2.45) is 34.0 Å². The van der Waals surface area contributed by atoms with Gasteiger partial charge in [0.15, 0.2) is 5.78 Å². The molecule has 156 valence electrons. The molecule has 28 heavy (non-hydrogen) atoms. The highest BCUT2D eigenvalue weighted by Crippen LogP contribution is 2.71. The van der Waals surface area contributed by atoms with Gasteiger partial charge in [-0.05, 0) is 53.9 Å². The lowest BCUT2D eigenvalue weighted by molar-refractivity contribution is -0.251. The fourth-order valence-corrected chi connectivity index (χ4v) is 7.63. The highest BCUT2D eigenvalue weighted by Gasteiger charge is 2.76. The van der Waals surface area contributed by atoms with Crippen LogP contribution in [0.5, 0.6) is 0 Å². The van der Waals surface area contributed by atoms with Gasteiger partial charge >= 0.3 is 5.97 Å². The minimum atomic E-state index is -1.29. The topological polar surface area (TPSA) is 104 Å². The van der Waals surface area contributed by atoms with Crippen LogP contribution in [0.25, 0.3) is 0 Å². The molecule has 0 aromatic heterocycles. The Morgan fingerprint density at radius 3 is 2.36 bits per heavy atom. The number of aliphatic hydroxyl groups excluding tert-OH is 3. The number of ketones is 1. The Balaban J connectivity index is 1.87. The number of carbonyl (C=O) groups excluding carboxylic acids is 2. The van der Waals surface area contributed by atoms with Gasteiger partial charge in [0.1, 0.15) is 6.10 Å². The van der Waals surface area contributed by atoms with Crippen molar-refractivity contribution in [1.82, 2.24) is 0 Å². The van der Waals surface area contributed by atoms with Crippen LogP contribution in [-0.2, 0) is 14.3 Å². The summed E-state index contributed by atoms with van der Waals surface area (Å²) in [5.41, 5.74) is -1.82. The number of rotatable bonds is 1. The second-order valence-corrected chi connectivity index (χ2v) is 10.4. The van der Waals surface area contributed by atoms with Crippen LogP contribution in [0, 0.1) is 34.0 Å². The summed E-state index contributed by atoms with van der Waals surface area (Å²) in [6, 6.07) is 0.